The Morgan fingerprint density at radius 2 is 2.00 bits per heavy atom. The molecule has 4 heteroatoms. The summed E-state index contributed by atoms with van der Waals surface area (Å²) in [6, 6.07) is 10.9. The zero-order valence-electron chi connectivity index (χ0n) is 9.68. The molecule has 0 aliphatic rings. The van der Waals surface area contributed by atoms with Crippen molar-refractivity contribution >= 4 is 5.97 Å². The molecule has 2 rings (SSSR count). The van der Waals surface area contributed by atoms with Crippen LogP contribution < -0.4 is 0 Å². The van der Waals surface area contributed by atoms with Crippen molar-refractivity contribution in [3.8, 4) is 11.3 Å². The van der Waals surface area contributed by atoms with Gasteiger partial charge in [0.25, 0.3) is 0 Å². The van der Waals surface area contributed by atoms with Crippen LogP contribution in [0.15, 0.2) is 36.4 Å². The maximum atomic E-state index is 11.4. The van der Waals surface area contributed by atoms with Crippen molar-refractivity contribution in [2.75, 3.05) is 7.11 Å². The third-order valence-electron chi connectivity index (χ3n) is 2.38. The van der Waals surface area contributed by atoms with Crippen LogP contribution in [-0.4, -0.2) is 23.3 Å². The van der Waals surface area contributed by atoms with Crippen LogP contribution in [0.3, 0.4) is 0 Å². The second kappa shape index (κ2) is 4.74. The van der Waals surface area contributed by atoms with Gasteiger partial charge in [-0.3, -0.25) is 0 Å². The minimum Gasteiger partial charge on any atom is -0.465 e. The van der Waals surface area contributed by atoms with Gasteiger partial charge in [0.05, 0.1) is 24.1 Å². The fraction of sp³-hybridized carbons (Fsp3) is 0.154. The summed E-state index contributed by atoms with van der Waals surface area (Å²) < 4.78 is 4.67. The lowest BCUT2D eigenvalue weighted by Crippen LogP contribution is -2.01. The average molecular weight is 228 g/mol. The fourth-order valence-corrected chi connectivity index (χ4v) is 1.48. The van der Waals surface area contributed by atoms with Crippen LogP contribution in [0, 0.1) is 6.92 Å². The molecule has 1 aromatic carbocycles. The molecule has 17 heavy (non-hydrogen) atoms. The highest BCUT2D eigenvalue weighted by Gasteiger charge is 2.07. The molecule has 0 saturated heterocycles. The molecule has 0 bridgehead atoms. The van der Waals surface area contributed by atoms with Crippen LogP contribution in [0.1, 0.15) is 16.1 Å². The lowest BCUT2D eigenvalue weighted by molar-refractivity contribution is 0.0601. The molecule has 0 spiro atoms. The Balaban J connectivity index is 2.39. The molecule has 0 atom stereocenters. The summed E-state index contributed by atoms with van der Waals surface area (Å²) in [4.78, 5) is 11.4. The lowest BCUT2D eigenvalue weighted by atomic mass is 10.1. The van der Waals surface area contributed by atoms with E-state index in [1.807, 2.05) is 25.1 Å². The first-order valence-corrected chi connectivity index (χ1v) is 5.20. The van der Waals surface area contributed by atoms with Crippen molar-refractivity contribution in [1.29, 1.82) is 0 Å². The number of nitrogens with zero attached hydrogens (tertiary/aromatic N) is 2. The second-order valence-electron chi connectivity index (χ2n) is 3.63. The molecule has 0 fully saturated rings. The van der Waals surface area contributed by atoms with Crippen molar-refractivity contribution < 1.29 is 9.53 Å². The van der Waals surface area contributed by atoms with E-state index in [0.29, 0.717) is 5.56 Å². The van der Waals surface area contributed by atoms with Crippen LogP contribution in [0.25, 0.3) is 11.3 Å². The van der Waals surface area contributed by atoms with Gasteiger partial charge in [-0.05, 0) is 31.2 Å². The first-order chi connectivity index (χ1) is 8.20. The zero-order valence-corrected chi connectivity index (χ0v) is 9.68. The third-order valence-corrected chi connectivity index (χ3v) is 2.38. The second-order valence-corrected chi connectivity index (χ2v) is 3.63. The molecule has 0 N–H and O–H groups in total. The van der Waals surface area contributed by atoms with E-state index in [0.717, 1.165) is 17.0 Å². The van der Waals surface area contributed by atoms with Crippen LogP contribution in [0.2, 0.25) is 0 Å². The number of carbonyl (C=O) groups is 1. The summed E-state index contributed by atoms with van der Waals surface area (Å²) in [5.74, 6) is -0.355. The molecule has 1 heterocycles. The number of aromatic nitrogens is 2. The standard InChI is InChI=1S/C13H12N2O2/c1-9-6-7-12(15-14-9)10-4-3-5-11(8-10)13(16)17-2/h3-8H,1-2H3. The lowest BCUT2D eigenvalue weighted by Gasteiger charge is -2.03. The minimum absolute atomic E-state index is 0.355. The molecule has 0 aliphatic heterocycles. The molecule has 4 nitrogen and oxygen atoms in total. The smallest absolute Gasteiger partial charge is 0.337 e. The quantitative estimate of drug-likeness (QED) is 0.740. The Bertz CT molecular complexity index is 535. The summed E-state index contributed by atoms with van der Waals surface area (Å²) in [5, 5.41) is 8.06. The molecule has 0 saturated carbocycles. The molecular weight excluding hydrogens is 216 g/mol. The predicted molar refractivity (Wildman–Crippen MR) is 63.5 cm³/mol. The normalized spacial score (nSPS) is 10.0. The van der Waals surface area contributed by atoms with Crippen molar-refractivity contribution in [1.82, 2.24) is 10.2 Å². The molecular formula is C13H12N2O2. The van der Waals surface area contributed by atoms with Gasteiger partial charge < -0.3 is 4.74 Å². The maximum absolute atomic E-state index is 11.4. The first-order valence-electron chi connectivity index (χ1n) is 5.20. The Morgan fingerprint density at radius 3 is 2.65 bits per heavy atom. The number of benzene rings is 1. The van der Waals surface area contributed by atoms with Crippen LogP contribution in [0.5, 0.6) is 0 Å². The van der Waals surface area contributed by atoms with Crippen LogP contribution in [-0.2, 0) is 4.74 Å². The number of hydrogen-bond donors (Lipinski definition) is 0. The number of hydrogen-bond acceptors (Lipinski definition) is 4. The van der Waals surface area contributed by atoms with Gasteiger partial charge in [0, 0.05) is 5.56 Å². The highest BCUT2D eigenvalue weighted by Crippen LogP contribution is 2.18. The molecule has 0 radical (unpaired) electrons. The summed E-state index contributed by atoms with van der Waals surface area (Å²) in [5.41, 5.74) is 2.95. The van der Waals surface area contributed by atoms with Crippen molar-refractivity contribution in [2.24, 2.45) is 0 Å². The topological polar surface area (TPSA) is 52.1 Å². The molecule has 86 valence electrons. The number of ether oxygens (including phenoxy) is 1. The maximum Gasteiger partial charge on any atom is 0.337 e. The van der Waals surface area contributed by atoms with Gasteiger partial charge in [0.2, 0.25) is 0 Å². The SMILES string of the molecule is COC(=O)c1cccc(-c2ccc(C)nn2)c1. The first kappa shape index (κ1) is 11.3. The van der Waals surface area contributed by atoms with Crippen molar-refractivity contribution in [3.05, 3.63) is 47.7 Å². The van der Waals surface area contributed by atoms with E-state index in [1.54, 1.807) is 18.2 Å². The number of methoxy groups -OCH3 is 1. The van der Waals surface area contributed by atoms with Crippen LogP contribution >= 0.6 is 0 Å². The van der Waals surface area contributed by atoms with E-state index in [9.17, 15) is 4.79 Å². The van der Waals surface area contributed by atoms with Gasteiger partial charge in [-0.2, -0.15) is 10.2 Å². The average Bonchev–Trinajstić information content (AvgIpc) is 2.39. The van der Waals surface area contributed by atoms with E-state index in [2.05, 4.69) is 14.9 Å². The van der Waals surface area contributed by atoms with E-state index >= 15 is 0 Å². The Kier molecular flexibility index (Phi) is 3.14. The van der Waals surface area contributed by atoms with E-state index in [1.165, 1.54) is 7.11 Å². The molecule has 1 aromatic heterocycles. The minimum atomic E-state index is -0.355. The number of esters is 1. The van der Waals surface area contributed by atoms with Crippen LogP contribution in [0.4, 0.5) is 0 Å². The van der Waals surface area contributed by atoms with Gasteiger partial charge in [0.1, 0.15) is 0 Å². The van der Waals surface area contributed by atoms with Crippen molar-refractivity contribution in [2.45, 2.75) is 6.92 Å². The number of carbonyl (C=O) groups excluding carboxylic acids is 1. The molecule has 2 aromatic rings. The van der Waals surface area contributed by atoms with Gasteiger partial charge >= 0.3 is 5.97 Å². The molecule has 0 aliphatic carbocycles. The monoisotopic (exact) mass is 228 g/mol. The zero-order chi connectivity index (χ0) is 12.3. The highest BCUT2D eigenvalue weighted by molar-refractivity contribution is 5.90. The van der Waals surface area contributed by atoms with E-state index < -0.39 is 0 Å². The largest absolute Gasteiger partial charge is 0.465 e. The van der Waals surface area contributed by atoms with Gasteiger partial charge in [-0.1, -0.05) is 12.1 Å². The summed E-state index contributed by atoms with van der Waals surface area (Å²) in [6.07, 6.45) is 0. The number of aryl methyl sites for hydroxylation is 1. The fourth-order valence-electron chi connectivity index (χ4n) is 1.48. The summed E-state index contributed by atoms with van der Waals surface area (Å²) in [6.45, 7) is 1.88. The van der Waals surface area contributed by atoms with Gasteiger partial charge in [-0.25, -0.2) is 4.79 Å². The Labute approximate surface area is 99.3 Å². The number of rotatable bonds is 2. The van der Waals surface area contributed by atoms with Gasteiger partial charge in [-0.15, -0.1) is 0 Å². The Hall–Kier alpha value is -2.23. The highest BCUT2D eigenvalue weighted by atomic mass is 16.5. The van der Waals surface area contributed by atoms with E-state index in [4.69, 9.17) is 0 Å². The molecule has 0 unspecified atom stereocenters. The Morgan fingerprint density at radius 1 is 1.18 bits per heavy atom. The van der Waals surface area contributed by atoms with Crippen molar-refractivity contribution in [3.63, 3.8) is 0 Å². The summed E-state index contributed by atoms with van der Waals surface area (Å²) >= 11 is 0. The summed E-state index contributed by atoms with van der Waals surface area (Å²) in [7, 11) is 1.36. The van der Waals surface area contributed by atoms with Gasteiger partial charge in [0.15, 0.2) is 0 Å². The predicted octanol–water partition coefficient (Wildman–Crippen LogP) is 2.24. The molecule has 0 amide bonds. The third kappa shape index (κ3) is 2.47. The van der Waals surface area contributed by atoms with E-state index in [-0.39, 0.29) is 5.97 Å².